The van der Waals surface area contributed by atoms with Gasteiger partial charge in [0.05, 0.1) is 10.9 Å². The van der Waals surface area contributed by atoms with E-state index in [0.717, 1.165) is 11.3 Å². The normalized spacial score (nSPS) is 12.0. The summed E-state index contributed by atoms with van der Waals surface area (Å²) in [4.78, 5) is 40.2. The third-order valence-electron chi connectivity index (χ3n) is 4.73. The fraction of sp³-hybridized carbons (Fsp3) is 0.364. The molecule has 0 fully saturated rings. The Morgan fingerprint density at radius 3 is 2.77 bits per heavy atom. The molecule has 0 saturated carbocycles. The van der Waals surface area contributed by atoms with E-state index in [1.165, 1.54) is 17.6 Å². The monoisotopic (exact) mass is 444 g/mol. The summed E-state index contributed by atoms with van der Waals surface area (Å²) >= 11 is 1.39. The largest absolute Gasteiger partial charge is 0.481 e. The number of rotatable bonds is 9. The molecule has 1 aromatic carbocycles. The number of thiazole rings is 1. The molecule has 2 N–H and O–H groups in total. The fourth-order valence-electron chi connectivity index (χ4n) is 3.05. The van der Waals surface area contributed by atoms with Gasteiger partial charge in [0.15, 0.2) is 6.10 Å². The molecule has 0 aliphatic carbocycles. The summed E-state index contributed by atoms with van der Waals surface area (Å²) in [6.45, 7) is 5.66. The SMILES string of the molecule is CCc1cc2c(=O)c(-c3nc(C)cs3)coc2cc1O[C@H](C)C(=O)NCCCC(=O)O. The lowest BCUT2D eigenvalue weighted by Gasteiger charge is -2.17. The summed E-state index contributed by atoms with van der Waals surface area (Å²) in [5.41, 5.74) is 2.23. The molecule has 0 aliphatic heterocycles. The number of amides is 1. The number of nitrogens with zero attached hydrogens (tertiary/aromatic N) is 1. The van der Waals surface area contributed by atoms with Crippen molar-refractivity contribution in [2.75, 3.05) is 6.54 Å². The molecule has 0 unspecified atom stereocenters. The molecule has 0 bridgehead atoms. The molecule has 2 aromatic heterocycles. The maximum absolute atomic E-state index is 13.0. The van der Waals surface area contributed by atoms with Gasteiger partial charge in [-0.2, -0.15) is 0 Å². The number of hydrogen-bond donors (Lipinski definition) is 2. The third-order valence-corrected chi connectivity index (χ3v) is 5.72. The van der Waals surface area contributed by atoms with Gasteiger partial charge in [0.2, 0.25) is 5.43 Å². The summed E-state index contributed by atoms with van der Waals surface area (Å²) in [5, 5.41) is 14.2. The molecule has 0 aliphatic rings. The third kappa shape index (κ3) is 5.29. The van der Waals surface area contributed by atoms with Gasteiger partial charge in [-0.1, -0.05) is 6.92 Å². The van der Waals surface area contributed by atoms with Crippen molar-refractivity contribution in [3.05, 3.63) is 45.3 Å². The van der Waals surface area contributed by atoms with Crippen LogP contribution >= 0.6 is 11.3 Å². The van der Waals surface area contributed by atoms with Crippen molar-refractivity contribution >= 4 is 34.2 Å². The Morgan fingerprint density at radius 2 is 2.13 bits per heavy atom. The van der Waals surface area contributed by atoms with Crippen LogP contribution in [-0.4, -0.2) is 34.6 Å². The van der Waals surface area contributed by atoms with Gasteiger partial charge in [-0.15, -0.1) is 11.3 Å². The lowest BCUT2D eigenvalue weighted by molar-refractivity contribution is -0.137. The molecule has 8 nitrogen and oxygen atoms in total. The summed E-state index contributed by atoms with van der Waals surface area (Å²) in [5.74, 6) is -0.787. The van der Waals surface area contributed by atoms with Crippen molar-refractivity contribution in [2.45, 2.75) is 46.1 Å². The number of carboxylic acids is 1. The maximum atomic E-state index is 13.0. The lowest BCUT2D eigenvalue weighted by Crippen LogP contribution is -2.37. The summed E-state index contributed by atoms with van der Waals surface area (Å²) in [6.07, 6.45) is 1.53. The van der Waals surface area contributed by atoms with E-state index in [-0.39, 0.29) is 24.3 Å². The van der Waals surface area contributed by atoms with E-state index >= 15 is 0 Å². The van der Waals surface area contributed by atoms with Crippen LogP contribution in [0.15, 0.2) is 33.0 Å². The molecule has 31 heavy (non-hydrogen) atoms. The highest BCUT2D eigenvalue weighted by molar-refractivity contribution is 7.13. The lowest BCUT2D eigenvalue weighted by atomic mass is 10.1. The minimum Gasteiger partial charge on any atom is -0.481 e. The second kappa shape index (κ2) is 9.74. The first-order valence-electron chi connectivity index (χ1n) is 9.97. The number of carbonyl (C=O) groups excluding carboxylic acids is 1. The number of carboxylic acid groups (broad SMARTS) is 1. The van der Waals surface area contributed by atoms with Gasteiger partial charge in [-0.25, -0.2) is 4.98 Å². The van der Waals surface area contributed by atoms with Crippen LogP contribution in [0.4, 0.5) is 0 Å². The zero-order valence-corrected chi connectivity index (χ0v) is 18.4. The molecule has 1 amide bonds. The van der Waals surface area contributed by atoms with E-state index in [9.17, 15) is 14.4 Å². The van der Waals surface area contributed by atoms with Gasteiger partial charge < -0.3 is 19.6 Å². The maximum Gasteiger partial charge on any atom is 0.303 e. The highest BCUT2D eigenvalue weighted by atomic mass is 32.1. The predicted molar refractivity (Wildman–Crippen MR) is 118 cm³/mol. The van der Waals surface area contributed by atoms with Gasteiger partial charge >= 0.3 is 5.97 Å². The molecule has 0 radical (unpaired) electrons. The number of hydrogen-bond acceptors (Lipinski definition) is 7. The molecular formula is C22H24N2O6S. The molecular weight excluding hydrogens is 420 g/mol. The quantitative estimate of drug-likeness (QED) is 0.485. The van der Waals surface area contributed by atoms with Gasteiger partial charge in [0.1, 0.15) is 22.6 Å². The van der Waals surface area contributed by atoms with E-state index in [1.807, 2.05) is 19.2 Å². The first-order chi connectivity index (χ1) is 14.8. The highest BCUT2D eigenvalue weighted by Crippen LogP contribution is 2.29. The van der Waals surface area contributed by atoms with Crippen LogP contribution in [-0.2, 0) is 16.0 Å². The number of aromatic nitrogens is 1. The smallest absolute Gasteiger partial charge is 0.303 e. The van der Waals surface area contributed by atoms with Gasteiger partial charge in [0.25, 0.3) is 5.91 Å². The standard InChI is InChI=1S/C22H24N2O6S/c1-4-14-8-15-18(29-10-16(20(15)27)22-24-12(2)11-31-22)9-17(14)30-13(3)21(28)23-7-5-6-19(25)26/h8-11,13H,4-7H2,1-3H3,(H,23,28)(H,25,26)/t13-/m1/s1. The molecule has 3 rings (SSSR count). The molecule has 164 valence electrons. The van der Waals surface area contributed by atoms with Crippen molar-refractivity contribution < 1.29 is 23.8 Å². The molecule has 0 spiro atoms. The molecule has 2 heterocycles. The summed E-state index contributed by atoms with van der Waals surface area (Å²) in [6, 6.07) is 3.36. The first-order valence-corrected chi connectivity index (χ1v) is 10.8. The average Bonchev–Trinajstić information content (AvgIpc) is 3.16. The van der Waals surface area contributed by atoms with Crippen LogP contribution in [0.2, 0.25) is 0 Å². The first kappa shape index (κ1) is 22.5. The second-order valence-electron chi connectivity index (χ2n) is 7.13. The fourth-order valence-corrected chi connectivity index (χ4v) is 3.85. The highest BCUT2D eigenvalue weighted by Gasteiger charge is 2.19. The number of aryl methyl sites for hydroxylation is 2. The Labute approximate surface area is 182 Å². The summed E-state index contributed by atoms with van der Waals surface area (Å²) < 4.78 is 11.5. The molecule has 0 saturated heterocycles. The minimum absolute atomic E-state index is 0.0121. The molecule has 3 aromatic rings. The number of nitrogens with one attached hydrogen (secondary N) is 1. The Kier molecular flexibility index (Phi) is 7.06. The van der Waals surface area contributed by atoms with Crippen molar-refractivity contribution in [1.82, 2.24) is 10.3 Å². The van der Waals surface area contributed by atoms with Crippen molar-refractivity contribution in [3.63, 3.8) is 0 Å². The zero-order chi connectivity index (χ0) is 22.5. The molecule has 1 atom stereocenters. The minimum atomic E-state index is -0.906. The topological polar surface area (TPSA) is 119 Å². The van der Waals surface area contributed by atoms with Crippen LogP contribution in [0.1, 0.15) is 37.9 Å². The van der Waals surface area contributed by atoms with Gasteiger partial charge in [-0.05, 0) is 38.3 Å². The zero-order valence-electron chi connectivity index (χ0n) is 17.6. The van der Waals surface area contributed by atoms with Crippen molar-refractivity contribution in [3.8, 4) is 16.3 Å². The average molecular weight is 445 g/mol. The van der Waals surface area contributed by atoms with E-state index in [2.05, 4.69) is 10.3 Å². The van der Waals surface area contributed by atoms with Crippen LogP contribution in [0.25, 0.3) is 21.5 Å². The van der Waals surface area contributed by atoms with Crippen molar-refractivity contribution in [2.24, 2.45) is 0 Å². The number of aliphatic carboxylic acids is 1. The van der Waals surface area contributed by atoms with Crippen LogP contribution in [0, 0.1) is 6.92 Å². The van der Waals surface area contributed by atoms with Gasteiger partial charge in [-0.3, -0.25) is 14.4 Å². The van der Waals surface area contributed by atoms with Crippen LogP contribution in [0.3, 0.4) is 0 Å². The Hall–Kier alpha value is -3.20. The Bertz CT molecular complexity index is 1170. The molecule has 9 heteroatoms. The predicted octanol–water partition coefficient (Wildman–Crippen LogP) is 3.54. The summed E-state index contributed by atoms with van der Waals surface area (Å²) in [7, 11) is 0. The van der Waals surface area contributed by atoms with E-state index in [1.54, 1.807) is 19.1 Å². The number of fused-ring (bicyclic) bond motifs is 1. The van der Waals surface area contributed by atoms with E-state index in [4.69, 9.17) is 14.3 Å². The number of carbonyl (C=O) groups is 2. The van der Waals surface area contributed by atoms with Crippen LogP contribution in [0.5, 0.6) is 5.75 Å². The Morgan fingerprint density at radius 1 is 1.35 bits per heavy atom. The number of ether oxygens (including phenoxy) is 1. The van der Waals surface area contributed by atoms with E-state index < -0.39 is 12.1 Å². The van der Waals surface area contributed by atoms with Crippen molar-refractivity contribution in [1.29, 1.82) is 0 Å². The number of benzene rings is 1. The van der Waals surface area contributed by atoms with Crippen LogP contribution < -0.4 is 15.5 Å². The van der Waals surface area contributed by atoms with E-state index in [0.29, 0.717) is 40.1 Å². The van der Waals surface area contributed by atoms with Gasteiger partial charge in [0, 0.05) is 30.1 Å². The second-order valence-corrected chi connectivity index (χ2v) is 7.99. The Balaban J connectivity index is 1.82.